The number of carboxylic acid groups (broad SMARTS) is 1. The van der Waals surface area contributed by atoms with Crippen LogP contribution >= 0.6 is 0 Å². The number of aliphatic carboxylic acids is 1. The second-order valence-corrected chi connectivity index (χ2v) is 5.55. The average Bonchev–Trinajstić information content (AvgIpc) is 2.58. The molecule has 1 heterocycles. The Bertz CT molecular complexity index is 326. The minimum absolute atomic E-state index is 0.0403. The summed E-state index contributed by atoms with van der Waals surface area (Å²) < 4.78 is 0. The van der Waals surface area contributed by atoms with Gasteiger partial charge in [-0.25, -0.2) is 4.79 Å². The Kier molecular flexibility index (Phi) is 3.26. The van der Waals surface area contributed by atoms with Gasteiger partial charge in [-0.1, -0.05) is 13.8 Å². The summed E-state index contributed by atoms with van der Waals surface area (Å²) in [5, 5.41) is 12.0. The normalized spacial score (nSPS) is 36.5. The standard InChI is InChI=1S/C12H20N2O3/c1-7-3-9(4-7)13-12(17)14-5-8(2)10(6-14)11(15)16/h7-10H,3-6H2,1-2H3,(H,13,17)(H,15,16)/t7?,8-,9?,10-/m1/s1. The molecule has 1 aliphatic heterocycles. The van der Waals surface area contributed by atoms with E-state index >= 15 is 0 Å². The van der Waals surface area contributed by atoms with Gasteiger partial charge in [-0.3, -0.25) is 4.79 Å². The first-order chi connectivity index (χ1) is 7.97. The molecule has 0 bridgehead atoms. The molecular weight excluding hydrogens is 220 g/mol. The van der Waals surface area contributed by atoms with Crippen molar-refractivity contribution in [3.05, 3.63) is 0 Å². The van der Waals surface area contributed by atoms with Crippen LogP contribution in [0.25, 0.3) is 0 Å². The first kappa shape index (κ1) is 12.2. The number of hydrogen-bond acceptors (Lipinski definition) is 2. The minimum Gasteiger partial charge on any atom is -0.481 e. The van der Waals surface area contributed by atoms with E-state index in [0.29, 0.717) is 19.0 Å². The van der Waals surface area contributed by atoms with Gasteiger partial charge >= 0.3 is 12.0 Å². The fraction of sp³-hybridized carbons (Fsp3) is 0.833. The highest BCUT2D eigenvalue weighted by molar-refractivity contribution is 5.77. The van der Waals surface area contributed by atoms with Gasteiger partial charge in [0.1, 0.15) is 0 Å². The van der Waals surface area contributed by atoms with Crippen molar-refractivity contribution in [2.24, 2.45) is 17.8 Å². The summed E-state index contributed by atoms with van der Waals surface area (Å²) in [6.07, 6.45) is 2.08. The molecule has 1 saturated heterocycles. The Morgan fingerprint density at radius 2 is 1.88 bits per heavy atom. The molecule has 2 fully saturated rings. The maximum atomic E-state index is 11.9. The molecule has 1 aliphatic carbocycles. The number of carbonyl (C=O) groups excluding carboxylic acids is 1. The number of likely N-dealkylation sites (tertiary alicyclic amines) is 1. The third kappa shape index (κ3) is 2.53. The van der Waals surface area contributed by atoms with Crippen LogP contribution in [-0.2, 0) is 4.79 Å². The Morgan fingerprint density at radius 1 is 1.24 bits per heavy atom. The van der Waals surface area contributed by atoms with E-state index in [2.05, 4.69) is 12.2 Å². The van der Waals surface area contributed by atoms with Crippen molar-refractivity contribution in [1.82, 2.24) is 10.2 Å². The number of nitrogens with zero attached hydrogens (tertiary/aromatic N) is 1. The zero-order chi connectivity index (χ0) is 12.6. The summed E-state index contributed by atoms with van der Waals surface area (Å²) in [7, 11) is 0. The lowest BCUT2D eigenvalue weighted by Crippen LogP contribution is -2.49. The second-order valence-electron chi connectivity index (χ2n) is 5.55. The molecule has 2 aliphatic rings. The molecule has 5 heteroatoms. The summed E-state index contributed by atoms with van der Waals surface area (Å²) in [5.41, 5.74) is 0. The van der Waals surface area contributed by atoms with E-state index in [1.54, 1.807) is 4.90 Å². The molecule has 5 nitrogen and oxygen atoms in total. The number of hydrogen-bond donors (Lipinski definition) is 2. The summed E-state index contributed by atoms with van der Waals surface area (Å²) in [6, 6.07) is 0.189. The molecule has 1 saturated carbocycles. The number of carboxylic acids is 1. The third-order valence-electron chi connectivity index (χ3n) is 3.92. The van der Waals surface area contributed by atoms with Crippen molar-refractivity contribution in [1.29, 1.82) is 0 Å². The molecule has 2 amide bonds. The van der Waals surface area contributed by atoms with Gasteiger partial charge in [0.05, 0.1) is 5.92 Å². The van der Waals surface area contributed by atoms with Gasteiger partial charge < -0.3 is 15.3 Å². The molecule has 0 spiro atoms. The van der Waals surface area contributed by atoms with E-state index in [-0.39, 0.29) is 18.0 Å². The van der Waals surface area contributed by atoms with Gasteiger partial charge in [0.15, 0.2) is 0 Å². The molecular formula is C12H20N2O3. The fourth-order valence-corrected chi connectivity index (χ4v) is 2.74. The Morgan fingerprint density at radius 3 is 2.35 bits per heavy atom. The number of amides is 2. The zero-order valence-corrected chi connectivity index (χ0v) is 10.3. The minimum atomic E-state index is -0.801. The smallest absolute Gasteiger partial charge is 0.317 e. The van der Waals surface area contributed by atoms with Crippen molar-refractivity contribution < 1.29 is 14.7 Å². The molecule has 2 atom stereocenters. The molecule has 0 unspecified atom stereocenters. The van der Waals surface area contributed by atoms with Gasteiger partial charge in [-0.15, -0.1) is 0 Å². The van der Waals surface area contributed by atoms with Crippen LogP contribution in [-0.4, -0.2) is 41.1 Å². The van der Waals surface area contributed by atoms with E-state index in [0.717, 1.165) is 12.8 Å². The lowest BCUT2D eigenvalue weighted by Gasteiger charge is -2.34. The lowest BCUT2D eigenvalue weighted by atomic mass is 9.82. The van der Waals surface area contributed by atoms with Gasteiger partial charge in [-0.05, 0) is 24.7 Å². The molecule has 17 heavy (non-hydrogen) atoms. The summed E-state index contributed by atoms with van der Waals surface area (Å²) in [6.45, 7) is 4.94. The highest BCUT2D eigenvalue weighted by Gasteiger charge is 2.38. The topological polar surface area (TPSA) is 69.6 Å². The first-order valence-electron chi connectivity index (χ1n) is 6.25. The lowest BCUT2D eigenvalue weighted by molar-refractivity contribution is -0.142. The Hall–Kier alpha value is -1.26. The van der Waals surface area contributed by atoms with E-state index in [9.17, 15) is 9.59 Å². The van der Waals surface area contributed by atoms with Gasteiger partial charge in [-0.2, -0.15) is 0 Å². The molecule has 96 valence electrons. The number of urea groups is 1. The summed E-state index contributed by atoms with van der Waals surface area (Å²) >= 11 is 0. The van der Waals surface area contributed by atoms with Crippen LogP contribution in [0.1, 0.15) is 26.7 Å². The van der Waals surface area contributed by atoms with Crippen LogP contribution in [0.3, 0.4) is 0 Å². The maximum absolute atomic E-state index is 11.9. The van der Waals surface area contributed by atoms with Crippen molar-refractivity contribution in [2.45, 2.75) is 32.7 Å². The van der Waals surface area contributed by atoms with Crippen LogP contribution in [0.15, 0.2) is 0 Å². The number of carbonyl (C=O) groups is 2. The van der Waals surface area contributed by atoms with Crippen LogP contribution in [0.4, 0.5) is 4.79 Å². The fourth-order valence-electron chi connectivity index (χ4n) is 2.74. The highest BCUT2D eigenvalue weighted by atomic mass is 16.4. The molecule has 2 N–H and O–H groups in total. The van der Waals surface area contributed by atoms with Gasteiger partial charge in [0.25, 0.3) is 0 Å². The average molecular weight is 240 g/mol. The van der Waals surface area contributed by atoms with Crippen LogP contribution in [0.5, 0.6) is 0 Å². The molecule has 0 aromatic heterocycles. The van der Waals surface area contributed by atoms with Crippen LogP contribution < -0.4 is 5.32 Å². The molecule has 0 radical (unpaired) electrons. The first-order valence-corrected chi connectivity index (χ1v) is 6.25. The quantitative estimate of drug-likeness (QED) is 0.760. The largest absolute Gasteiger partial charge is 0.481 e. The summed E-state index contributed by atoms with van der Waals surface area (Å²) in [4.78, 5) is 24.5. The zero-order valence-electron chi connectivity index (χ0n) is 10.3. The van der Waals surface area contributed by atoms with Gasteiger partial charge in [0.2, 0.25) is 0 Å². The number of rotatable bonds is 2. The second kappa shape index (κ2) is 4.55. The van der Waals surface area contributed by atoms with Crippen LogP contribution in [0, 0.1) is 17.8 Å². The molecule has 0 aromatic carbocycles. The van der Waals surface area contributed by atoms with Gasteiger partial charge in [0, 0.05) is 19.1 Å². The van der Waals surface area contributed by atoms with Crippen LogP contribution in [0.2, 0.25) is 0 Å². The SMILES string of the molecule is CC1CC(NC(=O)N2C[C@@H](C)[C@H](C(=O)O)C2)C1. The third-order valence-corrected chi connectivity index (χ3v) is 3.92. The van der Waals surface area contributed by atoms with Crippen molar-refractivity contribution >= 4 is 12.0 Å². The van der Waals surface area contributed by atoms with Crippen molar-refractivity contribution in [3.63, 3.8) is 0 Å². The predicted molar refractivity (Wildman–Crippen MR) is 62.6 cm³/mol. The van der Waals surface area contributed by atoms with Crippen molar-refractivity contribution in [3.8, 4) is 0 Å². The van der Waals surface area contributed by atoms with E-state index in [1.165, 1.54) is 0 Å². The maximum Gasteiger partial charge on any atom is 0.317 e. The Labute approximate surface area is 101 Å². The monoisotopic (exact) mass is 240 g/mol. The van der Waals surface area contributed by atoms with Crippen molar-refractivity contribution in [2.75, 3.05) is 13.1 Å². The number of nitrogens with one attached hydrogen (secondary N) is 1. The predicted octanol–water partition coefficient (Wildman–Crippen LogP) is 1.15. The molecule has 0 aromatic rings. The highest BCUT2D eigenvalue weighted by Crippen LogP contribution is 2.27. The van der Waals surface area contributed by atoms with E-state index < -0.39 is 11.9 Å². The molecule has 2 rings (SSSR count). The van der Waals surface area contributed by atoms with E-state index in [1.807, 2.05) is 6.92 Å². The Balaban J connectivity index is 1.83. The van der Waals surface area contributed by atoms with E-state index in [4.69, 9.17) is 5.11 Å². The summed E-state index contributed by atoms with van der Waals surface area (Å²) in [5.74, 6) is -0.478.